The Kier molecular flexibility index (Phi) is 3.75. The monoisotopic (exact) mass is 262 g/mol. The van der Waals surface area contributed by atoms with E-state index in [4.69, 9.17) is 0 Å². The maximum absolute atomic E-state index is 13.4. The molecule has 100 valence electrons. The minimum absolute atomic E-state index is 0.211. The molecule has 0 aromatic heterocycles. The quantitative estimate of drug-likeness (QED) is 0.651. The molecule has 0 amide bonds. The number of anilines is 1. The summed E-state index contributed by atoms with van der Waals surface area (Å²) < 4.78 is 52.9. The van der Waals surface area contributed by atoms with Crippen LogP contribution < -0.4 is 5.32 Å². The van der Waals surface area contributed by atoms with Crippen molar-refractivity contribution in [3.8, 4) is 0 Å². The number of nitrogens with one attached hydrogen (secondary N) is 1. The lowest BCUT2D eigenvalue weighted by Crippen LogP contribution is -2.40. The first kappa shape index (κ1) is 13.1. The van der Waals surface area contributed by atoms with Crippen molar-refractivity contribution in [2.75, 3.05) is 25.5 Å². The van der Waals surface area contributed by atoms with Gasteiger partial charge in [0.05, 0.1) is 0 Å². The maximum Gasteiger partial charge on any atom is 0.185 e. The Morgan fingerprint density at radius 2 is 1.78 bits per heavy atom. The van der Waals surface area contributed by atoms with Crippen molar-refractivity contribution < 1.29 is 17.6 Å². The summed E-state index contributed by atoms with van der Waals surface area (Å²) >= 11 is 0. The molecule has 1 aliphatic heterocycles. The van der Waals surface area contributed by atoms with Crippen LogP contribution in [-0.4, -0.2) is 31.1 Å². The van der Waals surface area contributed by atoms with Crippen molar-refractivity contribution in [1.29, 1.82) is 0 Å². The van der Waals surface area contributed by atoms with Gasteiger partial charge in [-0.15, -0.1) is 0 Å². The third kappa shape index (κ3) is 2.58. The van der Waals surface area contributed by atoms with Crippen LogP contribution in [0.5, 0.6) is 0 Å². The summed E-state index contributed by atoms with van der Waals surface area (Å²) in [5, 5.41) is 2.56. The molecule has 1 aromatic carbocycles. The lowest BCUT2D eigenvalue weighted by molar-refractivity contribution is 0.260. The van der Waals surface area contributed by atoms with Crippen LogP contribution in [0.25, 0.3) is 0 Å². The molecule has 0 bridgehead atoms. The van der Waals surface area contributed by atoms with Gasteiger partial charge in [-0.25, -0.2) is 17.6 Å². The van der Waals surface area contributed by atoms with E-state index in [-0.39, 0.29) is 12.1 Å². The van der Waals surface area contributed by atoms with Gasteiger partial charge in [0, 0.05) is 18.7 Å². The van der Waals surface area contributed by atoms with Gasteiger partial charge < -0.3 is 10.2 Å². The number of halogens is 4. The molecule has 0 spiro atoms. The zero-order valence-corrected chi connectivity index (χ0v) is 9.94. The number of rotatable bonds is 2. The number of benzene rings is 1. The predicted octanol–water partition coefficient (Wildman–Crippen LogP) is 2.75. The van der Waals surface area contributed by atoms with Crippen LogP contribution in [0.15, 0.2) is 6.07 Å². The Balaban J connectivity index is 2.23. The van der Waals surface area contributed by atoms with Gasteiger partial charge >= 0.3 is 0 Å². The molecule has 0 saturated carbocycles. The first-order valence-corrected chi connectivity index (χ1v) is 5.77. The molecule has 0 aliphatic carbocycles. The average molecular weight is 262 g/mol. The van der Waals surface area contributed by atoms with Gasteiger partial charge in [0.2, 0.25) is 0 Å². The van der Waals surface area contributed by atoms with Gasteiger partial charge in [0.25, 0.3) is 0 Å². The Bertz CT molecular complexity index is 424. The van der Waals surface area contributed by atoms with Crippen LogP contribution in [0.2, 0.25) is 0 Å². The largest absolute Gasteiger partial charge is 0.376 e. The summed E-state index contributed by atoms with van der Waals surface area (Å²) in [5.41, 5.74) is -0.715. The van der Waals surface area contributed by atoms with E-state index in [0.717, 1.165) is 13.0 Å². The molecule has 1 aromatic rings. The molecule has 1 atom stereocenters. The normalized spacial score (nSPS) is 21.1. The van der Waals surface area contributed by atoms with Crippen LogP contribution in [0.1, 0.15) is 12.8 Å². The molecule has 6 heteroatoms. The van der Waals surface area contributed by atoms with Crippen molar-refractivity contribution >= 4 is 5.69 Å². The van der Waals surface area contributed by atoms with Crippen LogP contribution in [-0.2, 0) is 0 Å². The van der Waals surface area contributed by atoms with Crippen molar-refractivity contribution in [2.45, 2.75) is 18.9 Å². The minimum atomic E-state index is -1.39. The predicted molar refractivity (Wildman–Crippen MR) is 60.4 cm³/mol. The zero-order valence-electron chi connectivity index (χ0n) is 9.94. The van der Waals surface area contributed by atoms with Crippen LogP contribution in [0.3, 0.4) is 0 Å². The average Bonchev–Trinajstić information content (AvgIpc) is 2.32. The van der Waals surface area contributed by atoms with Crippen molar-refractivity contribution in [3.63, 3.8) is 0 Å². The second-order valence-corrected chi connectivity index (χ2v) is 4.59. The number of hydrogen-bond donors (Lipinski definition) is 1. The summed E-state index contributed by atoms with van der Waals surface area (Å²) in [5.74, 6) is -5.52. The van der Waals surface area contributed by atoms with Crippen molar-refractivity contribution in [2.24, 2.45) is 0 Å². The number of piperidine rings is 1. The molecule has 1 aliphatic rings. The second-order valence-electron chi connectivity index (χ2n) is 4.59. The first-order chi connectivity index (χ1) is 8.49. The number of likely N-dealkylation sites (N-methyl/N-ethyl adjacent to an activating group) is 1. The third-order valence-corrected chi connectivity index (χ3v) is 3.08. The highest BCUT2D eigenvalue weighted by molar-refractivity contribution is 5.48. The van der Waals surface area contributed by atoms with Crippen molar-refractivity contribution in [1.82, 2.24) is 4.90 Å². The first-order valence-electron chi connectivity index (χ1n) is 5.77. The molecule has 18 heavy (non-hydrogen) atoms. The van der Waals surface area contributed by atoms with E-state index in [2.05, 4.69) is 5.32 Å². The van der Waals surface area contributed by atoms with E-state index in [0.29, 0.717) is 13.0 Å². The fraction of sp³-hybridized carbons (Fsp3) is 0.500. The highest BCUT2D eigenvalue weighted by Gasteiger charge is 2.23. The van der Waals surface area contributed by atoms with Crippen LogP contribution in [0.4, 0.5) is 23.2 Å². The highest BCUT2D eigenvalue weighted by Crippen LogP contribution is 2.26. The Morgan fingerprint density at radius 3 is 2.33 bits per heavy atom. The smallest absolute Gasteiger partial charge is 0.185 e. The van der Waals surface area contributed by atoms with Crippen LogP contribution >= 0.6 is 0 Å². The highest BCUT2D eigenvalue weighted by atomic mass is 19.2. The summed E-state index contributed by atoms with van der Waals surface area (Å²) in [7, 11) is 1.88. The summed E-state index contributed by atoms with van der Waals surface area (Å²) in [4.78, 5) is 1.99. The van der Waals surface area contributed by atoms with E-state index in [9.17, 15) is 17.6 Å². The Morgan fingerprint density at radius 1 is 1.17 bits per heavy atom. The standard InChI is InChI=1S/C12H14F4N2/c1-18-4-2-3-7(6-18)17-12-10(15)8(13)5-9(14)11(12)16/h5,7,17H,2-4,6H2,1H3. The van der Waals surface area contributed by atoms with Gasteiger partial charge in [0.15, 0.2) is 23.3 Å². The molecule has 2 nitrogen and oxygen atoms in total. The fourth-order valence-corrected chi connectivity index (χ4v) is 2.19. The number of likely N-dealkylation sites (tertiary alicyclic amines) is 1. The molecule has 1 heterocycles. The lowest BCUT2D eigenvalue weighted by atomic mass is 10.1. The molecule has 2 rings (SSSR count). The van der Waals surface area contributed by atoms with E-state index in [1.165, 1.54) is 0 Å². The second kappa shape index (κ2) is 5.14. The van der Waals surface area contributed by atoms with E-state index >= 15 is 0 Å². The molecule has 1 unspecified atom stereocenters. The molecule has 1 fully saturated rings. The minimum Gasteiger partial charge on any atom is -0.376 e. The van der Waals surface area contributed by atoms with Gasteiger partial charge in [0.1, 0.15) is 5.69 Å². The van der Waals surface area contributed by atoms with E-state index in [1.54, 1.807) is 0 Å². The molecule has 1 saturated heterocycles. The Labute approximate surface area is 103 Å². The molecular weight excluding hydrogens is 248 g/mol. The number of hydrogen-bond acceptors (Lipinski definition) is 2. The summed E-state index contributed by atoms with van der Waals surface area (Å²) in [6, 6.07) is -0.00278. The SMILES string of the molecule is CN1CCCC(Nc2c(F)c(F)cc(F)c2F)C1. The van der Waals surface area contributed by atoms with Crippen LogP contribution in [0, 0.1) is 23.3 Å². The van der Waals surface area contributed by atoms with E-state index in [1.807, 2.05) is 11.9 Å². The molecule has 0 radical (unpaired) electrons. The zero-order chi connectivity index (χ0) is 13.3. The van der Waals surface area contributed by atoms with Gasteiger partial charge in [-0.2, -0.15) is 0 Å². The van der Waals surface area contributed by atoms with Crippen molar-refractivity contribution in [3.05, 3.63) is 29.3 Å². The Hall–Kier alpha value is -1.30. The maximum atomic E-state index is 13.4. The topological polar surface area (TPSA) is 15.3 Å². The lowest BCUT2D eigenvalue weighted by Gasteiger charge is -2.31. The van der Waals surface area contributed by atoms with Gasteiger partial charge in [-0.05, 0) is 26.4 Å². The number of nitrogens with zero attached hydrogens (tertiary/aromatic N) is 1. The van der Waals surface area contributed by atoms with E-state index < -0.39 is 29.0 Å². The van der Waals surface area contributed by atoms with Gasteiger partial charge in [-0.3, -0.25) is 0 Å². The van der Waals surface area contributed by atoms with Gasteiger partial charge in [-0.1, -0.05) is 0 Å². The summed E-state index contributed by atoms with van der Waals surface area (Å²) in [6.45, 7) is 1.48. The molecule has 1 N–H and O–H groups in total. The fourth-order valence-electron chi connectivity index (χ4n) is 2.19. The molecular formula is C12H14F4N2. The summed E-state index contributed by atoms with van der Waals surface area (Å²) in [6.07, 6.45) is 1.58. The third-order valence-electron chi connectivity index (χ3n) is 3.08.